The van der Waals surface area contributed by atoms with Gasteiger partial charge in [0.1, 0.15) is 5.82 Å². The summed E-state index contributed by atoms with van der Waals surface area (Å²) in [6, 6.07) is 9.89. The maximum atomic E-state index is 5.76. The number of halogens is 1. The lowest BCUT2D eigenvalue weighted by molar-refractivity contribution is 1.25. The third-order valence-corrected chi connectivity index (χ3v) is 3.31. The first-order valence-corrected chi connectivity index (χ1v) is 5.70. The van der Waals surface area contributed by atoms with E-state index < -0.39 is 0 Å². The van der Waals surface area contributed by atoms with E-state index in [1.807, 2.05) is 37.3 Å². The second kappa shape index (κ2) is 4.53. The highest BCUT2D eigenvalue weighted by atomic mass is 79.9. The van der Waals surface area contributed by atoms with Crippen LogP contribution < -0.4 is 11.1 Å². The number of pyridine rings is 1. The fourth-order valence-electron chi connectivity index (χ4n) is 1.34. The van der Waals surface area contributed by atoms with E-state index in [0.29, 0.717) is 5.69 Å². The third-order valence-electron chi connectivity index (χ3n) is 2.34. The van der Waals surface area contributed by atoms with Crippen LogP contribution in [0.5, 0.6) is 0 Å². The summed E-state index contributed by atoms with van der Waals surface area (Å²) in [5.74, 6) is 0.776. The van der Waals surface area contributed by atoms with E-state index in [9.17, 15) is 0 Å². The van der Waals surface area contributed by atoms with Crippen LogP contribution in [0.15, 0.2) is 41.0 Å². The van der Waals surface area contributed by atoms with Crippen molar-refractivity contribution >= 4 is 33.1 Å². The summed E-state index contributed by atoms with van der Waals surface area (Å²) in [6.07, 6.45) is 1.66. The quantitative estimate of drug-likeness (QED) is 0.884. The van der Waals surface area contributed by atoms with Gasteiger partial charge in [0.25, 0.3) is 0 Å². The van der Waals surface area contributed by atoms with Gasteiger partial charge in [0, 0.05) is 5.69 Å². The number of benzene rings is 1. The van der Waals surface area contributed by atoms with Gasteiger partial charge in [-0.25, -0.2) is 4.98 Å². The van der Waals surface area contributed by atoms with Crippen molar-refractivity contribution in [3.8, 4) is 0 Å². The molecule has 0 aliphatic heterocycles. The Morgan fingerprint density at radius 3 is 2.62 bits per heavy atom. The van der Waals surface area contributed by atoms with Crippen LogP contribution in [0.25, 0.3) is 0 Å². The molecule has 1 aromatic heterocycles. The van der Waals surface area contributed by atoms with Crippen LogP contribution >= 0.6 is 15.9 Å². The molecule has 4 heteroatoms. The molecule has 3 N–H and O–H groups in total. The lowest BCUT2D eigenvalue weighted by Gasteiger charge is -2.10. The van der Waals surface area contributed by atoms with E-state index >= 15 is 0 Å². The van der Waals surface area contributed by atoms with Crippen molar-refractivity contribution in [2.45, 2.75) is 6.92 Å². The zero-order chi connectivity index (χ0) is 11.5. The average molecular weight is 278 g/mol. The van der Waals surface area contributed by atoms with Crippen LogP contribution in [-0.2, 0) is 0 Å². The highest BCUT2D eigenvalue weighted by molar-refractivity contribution is 9.10. The summed E-state index contributed by atoms with van der Waals surface area (Å²) in [5, 5.41) is 3.23. The first-order valence-electron chi connectivity index (χ1n) is 4.91. The van der Waals surface area contributed by atoms with Crippen LogP contribution in [0.1, 0.15) is 5.56 Å². The fraction of sp³-hybridized carbons (Fsp3) is 0.0833. The normalized spacial score (nSPS) is 10.1. The molecular formula is C12H12BrN3. The smallest absolute Gasteiger partial charge is 0.145 e. The molecule has 2 rings (SSSR count). The van der Waals surface area contributed by atoms with Gasteiger partial charge in [0.15, 0.2) is 0 Å². The molecule has 0 unspecified atom stereocenters. The molecule has 0 saturated carbocycles. The van der Waals surface area contributed by atoms with Crippen molar-refractivity contribution in [2.24, 2.45) is 0 Å². The largest absolute Gasteiger partial charge is 0.397 e. The Labute approximate surface area is 103 Å². The molecule has 0 bridgehead atoms. The van der Waals surface area contributed by atoms with Gasteiger partial charge in [0.2, 0.25) is 0 Å². The molecular weight excluding hydrogens is 266 g/mol. The zero-order valence-corrected chi connectivity index (χ0v) is 10.5. The molecule has 0 saturated heterocycles. The predicted octanol–water partition coefficient (Wildman–Crippen LogP) is 3.48. The minimum absolute atomic E-state index is 0.686. The van der Waals surface area contributed by atoms with Gasteiger partial charge >= 0.3 is 0 Å². The second-order valence-corrected chi connectivity index (χ2v) is 4.29. The molecule has 0 spiro atoms. The molecule has 0 radical (unpaired) electrons. The Kier molecular flexibility index (Phi) is 3.10. The second-order valence-electron chi connectivity index (χ2n) is 3.49. The molecule has 0 atom stereocenters. The molecule has 0 aliphatic rings. The monoisotopic (exact) mass is 277 g/mol. The zero-order valence-electron chi connectivity index (χ0n) is 8.87. The van der Waals surface area contributed by atoms with Crippen LogP contribution in [0.3, 0.4) is 0 Å². The fourth-order valence-corrected chi connectivity index (χ4v) is 1.77. The topological polar surface area (TPSA) is 50.9 Å². The highest BCUT2D eigenvalue weighted by Crippen LogP contribution is 2.29. The number of nitrogens with two attached hydrogens (primary N) is 1. The van der Waals surface area contributed by atoms with Crippen LogP contribution in [-0.4, -0.2) is 4.98 Å². The van der Waals surface area contributed by atoms with Gasteiger partial charge in [-0.15, -0.1) is 0 Å². The number of nitrogens with one attached hydrogen (secondary N) is 1. The number of anilines is 3. The summed E-state index contributed by atoms with van der Waals surface area (Å²) in [6.45, 7) is 1.96. The maximum Gasteiger partial charge on any atom is 0.145 e. The molecule has 16 heavy (non-hydrogen) atoms. The van der Waals surface area contributed by atoms with Gasteiger partial charge in [-0.2, -0.15) is 0 Å². The number of nitrogen functional groups attached to an aromatic ring is 1. The van der Waals surface area contributed by atoms with Gasteiger partial charge in [-0.05, 0) is 40.5 Å². The van der Waals surface area contributed by atoms with E-state index in [-0.39, 0.29) is 0 Å². The lowest BCUT2D eigenvalue weighted by Crippen LogP contribution is -1.99. The molecule has 0 amide bonds. The van der Waals surface area contributed by atoms with E-state index in [4.69, 9.17) is 5.73 Å². The molecule has 82 valence electrons. The molecule has 0 fully saturated rings. The number of aromatic nitrogens is 1. The summed E-state index contributed by atoms with van der Waals surface area (Å²) in [5.41, 5.74) is 8.44. The minimum atomic E-state index is 0.686. The van der Waals surface area contributed by atoms with Gasteiger partial charge in [0.05, 0.1) is 16.4 Å². The number of nitrogens with zero attached hydrogens (tertiary/aromatic N) is 1. The van der Waals surface area contributed by atoms with Crippen LogP contribution in [0.4, 0.5) is 17.2 Å². The highest BCUT2D eigenvalue weighted by Gasteiger charge is 2.07. The molecule has 0 aliphatic carbocycles. The lowest BCUT2D eigenvalue weighted by atomic mass is 10.2. The van der Waals surface area contributed by atoms with Gasteiger partial charge in [-0.3, -0.25) is 0 Å². The maximum absolute atomic E-state index is 5.76. The Morgan fingerprint density at radius 1 is 1.25 bits per heavy atom. The third kappa shape index (κ3) is 2.17. The summed E-state index contributed by atoms with van der Waals surface area (Å²) >= 11 is 3.48. The van der Waals surface area contributed by atoms with E-state index in [1.165, 1.54) is 0 Å². The van der Waals surface area contributed by atoms with Crippen molar-refractivity contribution < 1.29 is 0 Å². The Bertz CT molecular complexity index is 497. The van der Waals surface area contributed by atoms with E-state index in [2.05, 4.69) is 26.2 Å². The summed E-state index contributed by atoms with van der Waals surface area (Å²) in [4.78, 5) is 4.25. The number of rotatable bonds is 2. The van der Waals surface area contributed by atoms with Crippen molar-refractivity contribution in [3.05, 3.63) is 46.6 Å². The van der Waals surface area contributed by atoms with Crippen molar-refractivity contribution in [2.75, 3.05) is 11.1 Å². The predicted molar refractivity (Wildman–Crippen MR) is 70.8 cm³/mol. The van der Waals surface area contributed by atoms with E-state index in [1.54, 1.807) is 6.20 Å². The molecule has 3 nitrogen and oxygen atoms in total. The molecule has 1 heterocycles. The number of para-hydroxylation sites is 1. The van der Waals surface area contributed by atoms with Gasteiger partial charge < -0.3 is 11.1 Å². The molecule has 2 aromatic rings. The van der Waals surface area contributed by atoms with Crippen LogP contribution in [0.2, 0.25) is 0 Å². The van der Waals surface area contributed by atoms with E-state index in [0.717, 1.165) is 21.5 Å². The first kappa shape index (κ1) is 11.0. The number of hydrogen-bond acceptors (Lipinski definition) is 3. The summed E-state index contributed by atoms with van der Waals surface area (Å²) in [7, 11) is 0. The first-order chi connectivity index (χ1) is 7.68. The SMILES string of the molecule is Cc1c(N)cnc(Nc2ccccc2)c1Br. The number of hydrogen-bond donors (Lipinski definition) is 2. The van der Waals surface area contributed by atoms with Crippen molar-refractivity contribution in [1.82, 2.24) is 4.98 Å². The standard InChI is InChI=1S/C12H12BrN3/c1-8-10(14)7-15-12(11(8)13)16-9-5-3-2-4-6-9/h2-7H,14H2,1H3,(H,15,16). The average Bonchev–Trinajstić information content (AvgIpc) is 2.31. The minimum Gasteiger partial charge on any atom is -0.397 e. The van der Waals surface area contributed by atoms with Crippen molar-refractivity contribution in [1.29, 1.82) is 0 Å². The van der Waals surface area contributed by atoms with Crippen LogP contribution in [0, 0.1) is 6.92 Å². The summed E-state index contributed by atoms with van der Waals surface area (Å²) < 4.78 is 0.899. The van der Waals surface area contributed by atoms with Crippen molar-refractivity contribution in [3.63, 3.8) is 0 Å². The Morgan fingerprint density at radius 2 is 1.94 bits per heavy atom. The Hall–Kier alpha value is -1.55. The molecule has 1 aromatic carbocycles. The van der Waals surface area contributed by atoms with Gasteiger partial charge in [-0.1, -0.05) is 18.2 Å². The Balaban J connectivity index is 2.33.